The number of hydrogen-bond acceptors (Lipinski definition) is 6. The molecule has 204 valence electrons. The van der Waals surface area contributed by atoms with Crippen molar-refractivity contribution in [1.29, 1.82) is 0 Å². The zero-order valence-corrected chi connectivity index (χ0v) is 24.1. The number of aliphatic carboxylic acids is 2. The summed E-state index contributed by atoms with van der Waals surface area (Å²) in [6.45, 7) is 6.96. The number of carboxylic acid groups (broad SMARTS) is 2. The summed E-state index contributed by atoms with van der Waals surface area (Å²) < 4.78 is 0. The van der Waals surface area contributed by atoms with E-state index in [-0.39, 0.29) is 10.9 Å². The lowest BCUT2D eigenvalue weighted by atomic mass is 9.87. The Morgan fingerprint density at radius 2 is 0.892 bits per heavy atom. The molecule has 0 amide bonds. The first-order valence-corrected chi connectivity index (χ1v) is 14.6. The molecule has 0 bridgehead atoms. The fraction of sp³-hybridized carbons (Fsp3) is 0.586. The van der Waals surface area contributed by atoms with Crippen molar-refractivity contribution >= 4 is 34.6 Å². The third-order valence-corrected chi connectivity index (χ3v) is 9.03. The zero-order chi connectivity index (χ0) is 27.6. The van der Waals surface area contributed by atoms with E-state index < -0.39 is 22.8 Å². The quantitative estimate of drug-likeness (QED) is 0.237. The number of aryl methyl sites for hydroxylation is 4. The minimum absolute atomic E-state index is 0.00680. The van der Waals surface area contributed by atoms with Crippen molar-refractivity contribution in [3.63, 3.8) is 0 Å². The number of rotatable bonds is 16. The van der Waals surface area contributed by atoms with E-state index >= 15 is 0 Å². The molecule has 0 radical (unpaired) electrons. The van der Waals surface area contributed by atoms with Gasteiger partial charge in [0, 0.05) is 19.5 Å². The monoisotopic (exact) mass is 548 g/mol. The maximum Gasteiger partial charge on any atom is 0.309 e. The first-order chi connectivity index (χ1) is 17.3. The van der Waals surface area contributed by atoms with Gasteiger partial charge in [0.05, 0.1) is 10.8 Å². The maximum absolute atomic E-state index is 12.2. The molecule has 0 unspecified atom stereocenters. The van der Waals surface area contributed by atoms with E-state index in [1.54, 1.807) is 74.6 Å². The van der Waals surface area contributed by atoms with Gasteiger partial charge in [-0.2, -0.15) is 0 Å². The summed E-state index contributed by atoms with van der Waals surface area (Å²) >= 11 is 3.29. The maximum atomic E-state index is 12.2. The van der Waals surface area contributed by atoms with Crippen LogP contribution in [0, 0.1) is 10.8 Å². The van der Waals surface area contributed by atoms with Gasteiger partial charge in [-0.3, -0.25) is 19.2 Å². The van der Waals surface area contributed by atoms with Gasteiger partial charge in [0.25, 0.3) is 0 Å². The van der Waals surface area contributed by atoms with Crippen molar-refractivity contribution in [1.82, 2.24) is 0 Å². The molecule has 8 heteroatoms. The van der Waals surface area contributed by atoms with Gasteiger partial charge in [0.15, 0.2) is 10.9 Å². The molecular weight excluding hydrogens is 508 g/mol. The van der Waals surface area contributed by atoms with Crippen molar-refractivity contribution in [3.05, 3.63) is 64.2 Å². The fourth-order valence-electron chi connectivity index (χ4n) is 4.05. The van der Waals surface area contributed by atoms with Crippen molar-refractivity contribution in [3.8, 4) is 0 Å². The van der Waals surface area contributed by atoms with E-state index in [0.29, 0.717) is 12.8 Å². The van der Waals surface area contributed by atoms with E-state index in [1.165, 1.54) is 0 Å². The lowest BCUT2D eigenvalue weighted by molar-refractivity contribution is -0.148. The summed E-state index contributed by atoms with van der Waals surface area (Å²) in [6.07, 6.45) is 8.47. The average molecular weight is 549 g/mol. The van der Waals surface area contributed by atoms with Crippen LogP contribution in [0.4, 0.5) is 0 Å². The molecule has 0 aliphatic heterocycles. The van der Waals surface area contributed by atoms with E-state index in [0.717, 1.165) is 77.3 Å². The molecule has 2 heterocycles. The van der Waals surface area contributed by atoms with Gasteiger partial charge in [0.1, 0.15) is 0 Å². The number of carboxylic acids is 2. The minimum Gasteiger partial charge on any atom is -0.481 e. The highest BCUT2D eigenvalue weighted by Gasteiger charge is 2.26. The SMILES string of the molecule is CC(C)(CCCCc1cc(=O)cc(CCCc2cc(=O)cc(CCCCC(C)(C)C(=O)O)s2)s1)C(=O)O. The summed E-state index contributed by atoms with van der Waals surface area (Å²) in [4.78, 5) is 51.0. The second-order valence-corrected chi connectivity index (χ2v) is 13.6. The van der Waals surface area contributed by atoms with Crippen molar-refractivity contribution in [2.45, 2.75) is 98.3 Å². The van der Waals surface area contributed by atoms with Gasteiger partial charge in [-0.05, 0) is 110 Å². The molecule has 6 nitrogen and oxygen atoms in total. The van der Waals surface area contributed by atoms with E-state index in [9.17, 15) is 29.4 Å². The number of unbranched alkanes of at least 4 members (excludes halogenated alkanes) is 2. The standard InChI is InChI=1S/C29H40O6S2/c1-28(2,26(32)33)14-7-5-10-22-16-20(30)18-24(36-22)12-9-13-25-19-21(31)17-23(37-25)11-6-8-15-29(3,4)27(34)35/h16-19H,5-15H2,1-4H3,(H,32,33)(H,34,35). The molecule has 0 aliphatic rings. The second-order valence-electron chi connectivity index (χ2n) is 11.1. The van der Waals surface area contributed by atoms with Crippen LogP contribution in [0.2, 0.25) is 0 Å². The average Bonchev–Trinajstić information content (AvgIpc) is 2.79. The Kier molecular flexibility index (Phi) is 11.7. The highest BCUT2D eigenvalue weighted by molar-refractivity contribution is 7.11. The van der Waals surface area contributed by atoms with E-state index in [1.807, 2.05) is 0 Å². The van der Waals surface area contributed by atoms with E-state index in [2.05, 4.69) is 0 Å². The second kappa shape index (κ2) is 14.0. The van der Waals surface area contributed by atoms with Gasteiger partial charge in [0.2, 0.25) is 0 Å². The lowest BCUT2D eigenvalue weighted by Gasteiger charge is -2.18. The van der Waals surface area contributed by atoms with Crippen LogP contribution in [0.5, 0.6) is 0 Å². The summed E-state index contributed by atoms with van der Waals surface area (Å²) in [5.74, 6) is -1.57. The topological polar surface area (TPSA) is 109 Å². The fourth-order valence-corrected chi connectivity index (χ4v) is 6.41. The van der Waals surface area contributed by atoms with Gasteiger partial charge >= 0.3 is 11.9 Å². The molecule has 37 heavy (non-hydrogen) atoms. The molecular formula is C29H40O6S2. The number of carbonyl (C=O) groups is 2. The molecule has 2 aromatic heterocycles. The van der Waals surface area contributed by atoms with Gasteiger partial charge in [-0.15, -0.1) is 22.7 Å². The Labute approximate surface area is 227 Å². The molecule has 2 rings (SSSR count). The normalized spacial score (nSPS) is 12.0. The molecule has 0 fully saturated rings. The van der Waals surface area contributed by atoms with Crippen molar-refractivity contribution < 1.29 is 19.8 Å². The highest BCUT2D eigenvalue weighted by atomic mass is 32.1. The van der Waals surface area contributed by atoms with Crippen LogP contribution in [0.25, 0.3) is 0 Å². The van der Waals surface area contributed by atoms with Crippen LogP contribution in [0.3, 0.4) is 0 Å². The van der Waals surface area contributed by atoms with Gasteiger partial charge < -0.3 is 10.2 Å². The predicted molar refractivity (Wildman–Crippen MR) is 151 cm³/mol. The lowest BCUT2D eigenvalue weighted by Crippen LogP contribution is -2.23. The van der Waals surface area contributed by atoms with Crippen LogP contribution >= 0.6 is 22.7 Å². The predicted octanol–water partition coefficient (Wildman–Crippen LogP) is 6.35. The molecule has 0 aliphatic carbocycles. The molecule has 2 N–H and O–H groups in total. The Balaban J connectivity index is 1.85. The smallest absolute Gasteiger partial charge is 0.309 e. The summed E-state index contributed by atoms with van der Waals surface area (Å²) in [5.41, 5.74) is -1.44. The first kappa shape index (κ1) is 30.9. The molecule has 0 aromatic carbocycles. The molecule has 0 saturated carbocycles. The van der Waals surface area contributed by atoms with Gasteiger partial charge in [-0.25, -0.2) is 0 Å². The Morgan fingerprint density at radius 3 is 1.19 bits per heavy atom. The largest absolute Gasteiger partial charge is 0.481 e. The Hall–Kier alpha value is -2.32. The molecule has 2 aromatic rings. The summed E-state index contributed by atoms with van der Waals surface area (Å²) in [6, 6.07) is 6.76. The molecule has 0 spiro atoms. The number of hydrogen-bond donors (Lipinski definition) is 2. The van der Waals surface area contributed by atoms with Crippen LogP contribution in [0.1, 0.15) is 92.1 Å². The van der Waals surface area contributed by atoms with Crippen molar-refractivity contribution in [2.75, 3.05) is 0 Å². The highest BCUT2D eigenvalue weighted by Crippen LogP contribution is 2.26. The zero-order valence-electron chi connectivity index (χ0n) is 22.4. The summed E-state index contributed by atoms with van der Waals surface area (Å²) in [7, 11) is 0. The third kappa shape index (κ3) is 10.9. The Morgan fingerprint density at radius 1 is 0.595 bits per heavy atom. The van der Waals surface area contributed by atoms with Crippen molar-refractivity contribution in [2.24, 2.45) is 10.8 Å². The van der Waals surface area contributed by atoms with E-state index in [4.69, 9.17) is 0 Å². The Bertz CT molecular complexity index is 1080. The third-order valence-electron chi connectivity index (χ3n) is 6.69. The summed E-state index contributed by atoms with van der Waals surface area (Å²) in [5, 5.41) is 18.5. The molecule has 0 saturated heterocycles. The minimum atomic E-state index is -0.783. The van der Waals surface area contributed by atoms with Gasteiger partial charge in [-0.1, -0.05) is 12.8 Å². The van der Waals surface area contributed by atoms with Crippen LogP contribution in [0.15, 0.2) is 33.9 Å². The van der Waals surface area contributed by atoms with Crippen LogP contribution in [-0.4, -0.2) is 22.2 Å². The molecule has 0 atom stereocenters. The first-order valence-electron chi connectivity index (χ1n) is 13.0. The van der Waals surface area contributed by atoms with Crippen LogP contribution < -0.4 is 10.9 Å². The van der Waals surface area contributed by atoms with Crippen LogP contribution in [-0.2, 0) is 35.3 Å².